The van der Waals surface area contributed by atoms with Gasteiger partial charge in [0.25, 0.3) is 0 Å². The molecule has 92 valence electrons. The van der Waals surface area contributed by atoms with Gasteiger partial charge < -0.3 is 9.73 Å². The summed E-state index contributed by atoms with van der Waals surface area (Å²) in [5, 5.41) is 5.07. The Morgan fingerprint density at radius 2 is 2.06 bits per heavy atom. The molecule has 3 heteroatoms. The van der Waals surface area contributed by atoms with E-state index in [1.165, 1.54) is 5.56 Å². The zero-order valence-electron chi connectivity index (χ0n) is 10.7. The molecule has 0 saturated carbocycles. The monoisotopic (exact) mass is 251 g/mol. The Kier molecular flexibility index (Phi) is 3.45. The van der Waals surface area contributed by atoms with Crippen molar-refractivity contribution >= 4 is 22.6 Å². The highest BCUT2D eigenvalue weighted by atomic mass is 35.5. The summed E-state index contributed by atoms with van der Waals surface area (Å²) >= 11 is 6.13. The van der Waals surface area contributed by atoms with Crippen LogP contribution in [0.3, 0.4) is 0 Å². The molecular weight excluding hydrogens is 234 g/mol. The van der Waals surface area contributed by atoms with Gasteiger partial charge in [-0.3, -0.25) is 0 Å². The molecule has 1 N–H and O–H groups in total. The molecule has 2 aromatic rings. The number of hydrogen-bond acceptors (Lipinski definition) is 2. The summed E-state index contributed by atoms with van der Waals surface area (Å²) < 4.78 is 5.97. The molecule has 0 aliphatic rings. The molecule has 0 radical (unpaired) electrons. The van der Waals surface area contributed by atoms with Gasteiger partial charge in [0, 0.05) is 16.0 Å². The summed E-state index contributed by atoms with van der Waals surface area (Å²) in [6.07, 6.45) is 0. The minimum Gasteiger partial charge on any atom is -0.459 e. The molecule has 1 aromatic carbocycles. The highest BCUT2D eigenvalue weighted by Gasteiger charge is 2.18. The van der Waals surface area contributed by atoms with Gasteiger partial charge in [-0.2, -0.15) is 0 Å². The average molecular weight is 252 g/mol. The summed E-state index contributed by atoms with van der Waals surface area (Å²) in [6, 6.07) is 3.95. The van der Waals surface area contributed by atoms with Crippen molar-refractivity contribution in [1.29, 1.82) is 0 Å². The zero-order chi connectivity index (χ0) is 12.6. The molecule has 0 fully saturated rings. The average Bonchev–Trinajstić information content (AvgIpc) is 2.57. The number of rotatable bonds is 3. The normalized spacial score (nSPS) is 11.6. The minimum absolute atomic E-state index is 0.428. The first-order valence-corrected chi connectivity index (χ1v) is 6.28. The number of hydrogen-bond donors (Lipinski definition) is 1. The molecular formula is C14H18ClNO. The van der Waals surface area contributed by atoms with Gasteiger partial charge in [0.2, 0.25) is 0 Å². The third-order valence-corrected chi connectivity index (χ3v) is 3.19. The van der Waals surface area contributed by atoms with Crippen molar-refractivity contribution in [3.05, 3.63) is 34.0 Å². The van der Waals surface area contributed by atoms with Crippen molar-refractivity contribution in [1.82, 2.24) is 5.32 Å². The second kappa shape index (κ2) is 4.71. The number of furan rings is 1. The molecule has 0 aliphatic heterocycles. The van der Waals surface area contributed by atoms with Gasteiger partial charge in [-0.05, 0) is 37.6 Å². The number of aryl methyl sites for hydroxylation is 1. The first-order chi connectivity index (χ1) is 8.04. The lowest BCUT2D eigenvalue weighted by Gasteiger charge is -2.06. The van der Waals surface area contributed by atoms with Crippen LogP contribution in [0.25, 0.3) is 11.0 Å². The van der Waals surface area contributed by atoms with Crippen LogP contribution in [-0.4, -0.2) is 7.05 Å². The van der Waals surface area contributed by atoms with E-state index in [4.69, 9.17) is 16.0 Å². The lowest BCUT2D eigenvalue weighted by atomic mass is 9.98. The first kappa shape index (κ1) is 12.5. The van der Waals surface area contributed by atoms with Crippen molar-refractivity contribution in [2.45, 2.75) is 33.2 Å². The van der Waals surface area contributed by atoms with Crippen LogP contribution < -0.4 is 5.32 Å². The van der Waals surface area contributed by atoms with E-state index in [0.29, 0.717) is 5.92 Å². The van der Waals surface area contributed by atoms with E-state index in [9.17, 15) is 0 Å². The van der Waals surface area contributed by atoms with Crippen LogP contribution in [0.2, 0.25) is 5.02 Å². The molecule has 0 aliphatic carbocycles. The number of benzene rings is 1. The largest absolute Gasteiger partial charge is 0.459 e. The van der Waals surface area contributed by atoms with Crippen LogP contribution in [0.15, 0.2) is 16.5 Å². The van der Waals surface area contributed by atoms with E-state index in [1.807, 2.05) is 26.1 Å². The summed E-state index contributed by atoms with van der Waals surface area (Å²) in [4.78, 5) is 0. The maximum atomic E-state index is 6.13. The topological polar surface area (TPSA) is 25.2 Å². The number of halogens is 1. The van der Waals surface area contributed by atoms with Crippen LogP contribution in [0, 0.1) is 6.92 Å². The highest BCUT2D eigenvalue weighted by Crippen LogP contribution is 2.35. The maximum Gasteiger partial charge on any atom is 0.137 e. The molecule has 1 aromatic heterocycles. The van der Waals surface area contributed by atoms with Crippen LogP contribution in [-0.2, 0) is 6.54 Å². The van der Waals surface area contributed by atoms with Crippen molar-refractivity contribution in [3.63, 3.8) is 0 Å². The SMILES string of the molecule is CNCc1oc2c(C)cc(Cl)cc2c1C(C)C. The molecule has 0 bridgehead atoms. The van der Waals surface area contributed by atoms with E-state index >= 15 is 0 Å². The number of fused-ring (bicyclic) bond motifs is 1. The standard InChI is InChI=1S/C14H18ClNO/c1-8(2)13-11-6-10(15)5-9(3)14(11)17-12(13)7-16-4/h5-6,8,16H,7H2,1-4H3. The fourth-order valence-electron chi connectivity index (χ4n) is 2.32. The van der Waals surface area contributed by atoms with Crippen LogP contribution in [0.1, 0.15) is 36.7 Å². The van der Waals surface area contributed by atoms with Gasteiger partial charge in [-0.1, -0.05) is 25.4 Å². The Hall–Kier alpha value is -0.990. The van der Waals surface area contributed by atoms with Crippen molar-refractivity contribution in [3.8, 4) is 0 Å². The Bertz CT molecular complexity index is 543. The van der Waals surface area contributed by atoms with E-state index < -0.39 is 0 Å². The smallest absolute Gasteiger partial charge is 0.137 e. The lowest BCUT2D eigenvalue weighted by Crippen LogP contribution is -2.06. The maximum absolute atomic E-state index is 6.13. The van der Waals surface area contributed by atoms with Crippen LogP contribution >= 0.6 is 11.6 Å². The van der Waals surface area contributed by atoms with Crippen molar-refractivity contribution in [2.75, 3.05) is 7.05 Å². The van der Waals surface area contributed by atoms with Crippen LogP contribution in [0.5, 0.6) is 0 Å². The number of nitrogens with one attached hydrogen (secondary N) is 1. The van der Waals surface area contributed by atoms with Crippen LogP contribution in [0.4, 0.5) is 0 Å². The molecule has 1 heterocycles. The van der Waals surface area contributed by atoms with E-state index in [-0.39, 0.29) is 0 Å². The lowest BCUT2D eigenvalue weighted by molar-refractivity contribution is 0.519. The van der Waals surface area contributed by atoms with Gasteiger partial charge in [-0.25, -0.2) is 0 Å². The molecule has 2 rings (SSSR count). The fraction of sp³-hybridized carbons (Fsp3) is 0.429. The second-order valence-corrected chi connectivity index (χ2v) is 5.16. The molecule has 0 atom stereocenters. The predicted molar refractivity (Wildman–Crippen MR) is 72.8 cm³/mol. The fourth-order valence-corrected chi connectivity index (χ4v) is 2.59. The summed E-state index contributed by atoms with van der Waals surface area (Å²) in [5.74, 6) is 1.44. The Morgan fingerprint density at radius 1 is 1.35 bits per heavy atom. The van der Waals surface area contributed by atoms with Gasteiger partial charge in [0.15, 0.2) is 0 Å². The van der Waals surface area contributed by atoms with E-state index in [1.54, 1.807) is 0 Å². The predicted octanol–water partition coefficient (Wildman–Crippen LogP) is 4.24. The second-order valence-electron chi connectivity index (χ2n) is 4.72. The molecule has 0 saturated heterocycles. The summed E-state index contributed by atoms with van der Waals surface area (Å²) in [7, 11) is 1.93. The van der Waals surface area contributed by atoms with Crippen molar-refractivity contribution in [2.24, 2.45) is 0 Å². The van der Waals surface area contributed by atoms with E-state index in [0.717, 1.165) is 33.9 Å². The first-order valence-electron chi connectivity index (χ1n) is 5.90. The zero-order valence-corrected chi connectivity index (χ0v) is 11.5. The quantitative estimate of drug-likeness (QED) is 0.883. The highest BCUT2D eigenvalue weighted by molar-refractivity contribution is 6.31. The molecule has 0 spiro atoms. The minimum atomic E-state index is 0.428. The van der Waals surface area contributed by atoms with Gasteiger partial charge in [-0.15, -0.1) is 0 Å². The van der Waals surface area contributed by atoms with Gasteiger partial charge in [0.05, 0.1) is 6.54 Å². The summed E-state index contributed by atoms with van der Waals surface area (Å²) in [6.45, 7) is 7.14. The molecule has 0 unspecified atom stereocenters. The van der Waals surface area contributed by atoms with Gasteiger partial charge >= 0.3 is 0 Å². The molecule has 17 heavy (non-hydrogen) atoms. The van der Waals surface area contributed by atoms with Crippen molar-refractivity contribution < 1.29 is 4.42 Å². The van der Waals surface area contributed by atoms with Gasteiger partial charge in [0.1, 0.15) is 11.3 Å². The van der Waals surface area contributed by atoms with E-state index in [2.05, 4.69) is 19.2 Å². The summed E-state index contributed by atoms with van der Waals surface area (Å²) in [5.41, 5.74) is 3.32. The molecule has 0 amide bonds. The third kappa shape index (κ3) is 2.20. The Balaban J connectivity index is 2.75. The Labute approximate surface area is 107 Å². The Morgan fingerprint density at radius 3 is 2.65 bits per heavy atom. The third-order valence-electron chi connectivity index (χ3n) is 2.97. The molecule has 2 nitrogen and oxygen atoms in total.